The quantitative estimate of drug-likeness (QED) is 0.631. The molecule has 0 rings (SSSR count). The molecule has 18 heavy (non-hydrogen) atoms. The van der Waals surface area contributed by atoms with Gasteiger partial charge in [-0.25, -0.2) is 8.42 Å². The number of sulfone groups is 1. The fraction of sp³-hybridized carbons (Fsp3) is 1.00. The van der Waals surface area contributed by atoms with Crippen molar-refractivity contribution in [3.8, 4) is 0 Å². The van der Waals surface area contributed by atoms with E-state index in [1.807, 2.05) is 14.0 Å². The zero-order valence-electron chi connectivity index (χ0n) is 12.6. The van der Waals surface area contributed by atoms with Crippen LogP contribution in [0.5, 0.6) is 0 Å². The molecule has 1 N–H and O–H groups in total. The van der Waals surface area contributed by atoms with Gasteiger partial charge in [-0.2, -0.15) is 0 Å². The molecule has 1 unspecified atom stereocenters. The lowest BCUT2D eigenvalue weighted by atomic mass is 9.78. The Morgan fingerprint density at radius 2 is 1.67 bits per heavy atom. The molecule has 0 saturated carbocycles. The third-order valence-electron chi connectivity index (χ3n) is 3.82. The average molecular weight is 277 g/mol. The SMILES string of the molecule is CCCCC(CC)(CCS(=O)(=O)CCC)CNC. The van der Waals surface area contributed by atoms with Crippen LogP contribution in [0.25, 0.3) is 0 Å². The minimum atomic E-state index is -2.85. The lowest BCUT2D eigenvalue weighted by Crippen LogP contribution is -2.34. The Kier molecular flexibility index (Phi) is 8.87. The summed E-state index contributed by atoms with van der Waals surface area (Å²) in [5.41, 5.74) is 0.158. The van der Waals surface area contributed by atoms with Gasteiger partial charge in [-0.1, -0.05) is 33.6 Å². The maximum Gasteiger partial charge on any atom is 0.150 e. The molecule has 0 aromatic heterocycles. The molecular weight excluding hydrogens is 246 g/mol. The van der Waals surface area contributed by atoms with Crippen LogP contribution in [-0.2, 0) is 9.84 Å². The van der Waals surface area contributed by atoms with Crippen LogP contribution < -0.4 is 5.32 Å². The summed E-state index contributed by atoms with van der Waals surface area (Å²) in [7, 11) is -0.891. The third-order valence-corrected chi connectivity index (χ3v) is 5.68. The van der Waals surface area contributed by atoms with E-state index in [1.165, 1.54) is 12.8 Å². The van der Waals surface area contributed by atoms with E-state index in [1.54, 1.807) is 0 Å². The summed E-state index contributed by atoms with van der Waals surface area (Å²) in [6.45, 7) is 7.22. The van der Waals surface area contributed by atoms with Crippen molar-refractivity contribution in [2.24, 2.45) is 5.41 Å². The first kappa shape index (κ1) is 17.9. The Bertz CT molecular complexity index is 301. The number of hydrogen-bond acceptors (Lipinski definition) is 3. The summed E-state index contributed by atoms with van der Waals surface area (Å²) in [4.78, 5) is 0. The van der Waals surface area contributed by atoms with Gasteiger partial charge in [0.25, 0.3) is 0 Å². The maximum atomic E-state index is 11.9. The van der Waals surface area contributed by atoms with Gasteiger partial charge in [0.15, 0.2) is 0 Å². The standard InChI is InChI=1S/C14H31NO2S/c1-5-8-9-14(7-3,13-15-4)10-12-18(16,17)11-6-2/h15H,5-13H2,1-4H3. The van der Waals surface area contributed by atoms with Crippen molar-refractivity contribution in [3.63, 3.8) is 0 Å². The fourth-order valence-electron chi connectivity index (χ4n) is 2.49. The van der Waals surface area contributed by atoms with Gasteiger partial charge in [0.05, 0.1) is 5.75 Å². The molecule has 0 aliphatic carbocycles. The summed E-state index contributed by atoms with van der Waals surface area (Å²) >= 11 is 0. The van der Waals surface area contributed by atoms with Gasteiger partial charge >= 0.3 is 0 Å². The topological polar surface area (TPSA) is 46.2 Å². The summed E-state index contributed by atoms with van der Waals surface area (Å²) in [5, 5.41) is 3.24. The first-order valence-corrected chi connectivity index (χ1v) is 9.12. The second kappa shape index (κ2) is 8.92. The Hall–Kier alpha value is -0.0900. The Labute approximate surface area is 114 Å². The van der Waals surface area contributed by atoms with Crippen LogP contribution in [0.2, 0.25) is 0 Å². The van der Waals surface area contributed by atoms with E-state index >= 15 is 0 Å². The zero-order valence-corrected chi connectivity index (χ0v) is 13.4. The molecule has 0 aromatic rings. The first-order chi connectivity index (χ1) is 8.45. The highest BCUT2D eigenvalue weighted by Gasteiger charge is 2.28. The van der Waals surface area contributed by atoms with Crippen molar-refractivity contribution in [3.05, 3.63) is 0 Å². The number of nitrogens with one attached hydrogen (secondary N) is 1. The molecule has 0 radical (unpaired) electrons. The highest BCUT2D eigenvalue weighted by atomic mass is 32.2. The molecular formula is C14H31NO2S. The summed E-state index contributed by atoms with van der Waals surface area (Å²) in [6.07, 6.45) is 6.06. The minimum absolute atomic E-state index is 0.158. The van der Waals surface area contributed by atoms with Crippen molar-refractivity contribution in [1.82, 2.24) is 5.32 Å². The van der Waals surface area contributed by atoms with Crippen LogP contribution in [0.4, 0.5) is 0 Å². The maximum absolute atomic E-state index is 11.9. The highest BCUT2D eigenvalue weighted by molar-refractivity contribution is 7.91. The van der Waals surface area contributed by atoms with E-state index in [0.717, 1.165) is 32.2 Å². The summed E-state index contributed by atoms with van der Waals surface area (Å²) in [5.74, 6) is 0.681. The molecule has 4 heteroatoms. The normalized spacial score (nSPS) is 15.6. The van der Waals surface area contributed by atoms with E-state index in [2.05, 4.69) is 19.2 Å². The average Bonchev–Trinajstić information content (AvgIpc) is 2.33. The lowest BCUT2D eigenvalue weighted by Gasteiger charge is -2.33. The molecule has 0 saturated heterocycles. The monoisotopic (exact) mass is 277 g/mol. The predicted molar refractivity (Wildman–Crippen MR) is 79.7 cm³/mol. The predicted octanol–water partition coefficient (Wildman–Crippen LogP) is 3.01. The van der Waals surface area contributed by atoms with E-state index < -0.39 is 9.84 Å². The summed E-state index contributed by atoms with van der Waals surface area (Å²) < 4.78 is 23.7. The molecule has 0 bridgehead atoms. The molecule has 0 fully saturated rings. The van der Waals surface area contributed by atoms with E-state index in [-0.39, 0.29) is 5.41 Å². The van der Waals surface area contributed by atoms with Gasteiger partial charge in [-0.3, -0.25) is 0 Å². The fourth-order valence-corrected chi connectivity index (χ4v) is 4.06. The van der Waals surface area contributed by atoms with Crippen LogP contribution >= 0.6 is 0 Å². The third kappa shape index (κ3) is 6.74. The largest absolute Gasteiger partial charge is 0.319 e. The van der Waals surface area contributed by atoms with E-state index in [4.69, 9.17) is 0 Å². The number of rotatable bonds is 11. The molecule has 0 amide bonds. The second-order valence-corrected chi connectivity index (χ2v) is 7.69. The molecule has 0 spiro atoms. The van der Waals surface area contributed by atoms with E-state index in [9.17, 15) is 8.42 Å². The molecule has 0 aliphatic heterocycles. The second-order valence-electron chi connectivity index (χ2n) is 5.39. The first-order valence-electron chi connectivity index (χ1n) is 7.30. The van der Waals surface area contributed by atoms with Gasteiger partial charge in [0.1, 0.15) is 9.84 Å². The molecule has 0 heterocycles. The Balaban J connectivity index is 4.57. The van der Waals surface area contributed by atoms with Gasteiger partial charge in [0.2, 0.25) is 0 Å². The molecule has 0 aromatic carbocycles. The van der Waals surface area contributed by atoms with Gasteiger partial charge < -0.3 is 5.32 Å². The minimum Gasteiger partial charge on any atom is -0.319 e. The summed E-state index contributed by atoms with van der Waals surface area (Å²) in [6, 6.07) is 0. The van der Waals surface area contributed by atoms with E-state index in [0.29, 0.717) is 11.5 Å². The van der Waals surface area contributed by atoms with Crippen molar-refractivity contribution in [2.75, 3.05) is 25.1 Å². The van der Waals surface area contributed by atoms with Crippen molar-refractivity contribution >= 4 is 9.84 Å². The smallest absolute Gasteiger partial charge is 0.150 e. The Morgan fingerprint density at radius 1 is 1.00 bits per heavy atom. The number of hydrogen-bond donors (Lipinski definition) is 1. The van der Waals surface area contributed by atoms with Gasteiger partial charge in [-0.15, -0.1) is 0 Å². The van der Waals surface area contributed by atoms with Crippen molar-refractivity contribution < 1.29 is 8.42 Å². The molecule has 0 aliphatic rings. The van der Waals surface area contributed by atoms with Crippen LogP contribution in [-0.4, -0.2) is 33.5 Å². The lowest BCUT2D eigenvalue weighted by molar-refractivity contribution is 0.228. The zero-order chi connectivity index (χ0) is 14.1. The molecule has 1 atom stereocenters. The van der Waals surface area contributed by atoms with Crippen molar-refractivity contribution in [2.45, 2.75) is 59.3 Å². The number of unbranched alkanes of at least 4 members (excludes halogenated alkanes) is 1. The van der Waals surface area contributed by atoms with Crippen LogP contribution in [0.15, 0.2) is 0 Å². The van der Waals surface area contributed by atoms with Gasteiger partial charge in [-0.05, 0) is 38.1 Å². The molecule has 110 valence electrons. The van der Waals surface area contributed by atoms with Crippen LogP contribution in [0, 0.1) is 5.41 Å². The van der Waals surface area contributed by atoms with Crippen LogP contribution in [0.3, 0.4) is 0 Å². The van der Waals surface area contributed by atoms with Crippen LogP contribution in [0.1, 0.15) is 59.3 Å². The Morgan fingerprint density at radius 3 is 2.11 bits per heavy atom. The molecule has 3 nitrogen and oxygen atoms in total. The highest BCUT2D eigenvalue weighted by Crippen LogP contribution is 2.32. The van der Waals surface area contributed by atoms with Gasteiger partial charge in [0, 0.05) is 12.3 Å². The van der Waals surface area contributed by atoms with Crippen molar-refractivity contribution in [1.29, 1.82) is 0 Å².